The van der Waals surface area contributed by atoms with Crippen molar-refractivity contribution in [2.24, 2.45) is 0 Å². The molecule has 2 aromatic rings. The van der Waals surface area contributed by atoms with Gasteiger partial charge < -0.3 is 10.0 Å². The van der Waals surface area contributed by atoms with Crippen LogP contribution in [0.15, 0.2) is 42.5 Å². The summed E-state index contributed by atoms with van der Waals surface area (Å²) < 4.78 is 14.0. The van der Waals surface area contributed by atoms with Crippen LogP contribution in [0.25, 0.3) is 0 Å². The number of carboxylic acid groups (broad SMARTS) is 1. The lowest BCUT2D eigenvalue weighted by Gasteiger charge is -2.29. The predicted molar refractivity (Wildman–Crippen MR) is 75.2 cm³/mol. The minimum absolute atomic E-state index is 0.00871. The molecule has 4 nitrogen and oxygen atoms in total. The number of hydrogen-bond acceptors (Lipinski definition) is 2. The molecule has 0 spiro atoms. The van der Waals surface area contributed by atoms with Crippen molar-refractivity contribution in [1.29, 1.82) is 0 Å². The average molecular weight is 285 g/mol. The average Bonchev–Trinajstić information content (AvgIpc) is 2.49. The van der Waals surface area contributed by atoms with Gasteiger partial charge in [-0.1, -0.05) is 18.2 Å². The summed E-state index contributed by atoms with van der Waals surface area (Å²) in [5.74, 6) is -2.06. The Morgan fingerprint density at radius 2 is 1.95 bits per heavy atom. The predicted octanol–water partition coefficient (Wildman–Crippen LogP) is 2.73. The number of anilines is 1. The van der Waals surface area contributed by atoms with Gasteiger partial charge in [0.25, 0.3) is 5.91 Å². The fraction of sp³-hybridized carbons (Fsp3) is 0.125. The molecule has 0 bridgehead atoms. The van der Waals surface area contributed by atoms with E-state index in [9.17, 15) is 14.0 Å². The summed E-state index contributed by atoms with van der Waals surface area (Å²) in [6.07, 6.45) is 0.610. The lowest BCUT2D eigenvalue weighted by atomic mass is 9.98. The number of hydrogen-bond donors (Lipinski definition) is 1. The molecule has 0 atom stereocenters. The number of carbonyl (C=O) groups is 2. The summed E-state index contributed by atoms with van der Waals surface area (Å²) in [5.41, 5.74) is 1.42. The second-order valence-electron chi connectivity index (χ2n) is 4.84. The maximum Gasteiger partial charge on any atom is 0.335 e. The van der Waals surface area contributed by atoms with Gasteiger partial charge in [-0.2, -0.15) is 0 Å². The van der Waals surface area contributed by atoms with Crippen molar-refractivity contribution in [3.8, 4) is 0 Å². The van der Waals surface area contributed by atoms with Crippen LogP contribution in [0.1, 0.15) is 26.3 Å². The van der Waals surface area contributed by atoms with Crippen molar-refractivity contribution in [1.82, 2.24) is 0 Å². The maximum absolute atomic E-state index is 14.0. The van der Waals surface area contributed by atoms with Gasteiger partial charge in [-0.25, -0.2) is 9.18 Å². The van der Waals surface area contributed by atoms with Crippen molar-refractivity contribution in [2.45, 2.75) is 6.42 Å². The van der Waals surface area contributed by atoms with Crippen LogP contribution >= 0.6 is 0 Å². The van der Waals surface area contributed by atoms with E-state index in [2.05, 4.69) is 0 Å². The van der Waals surface area contributed by atoms with Gasteiger partial charge in [-0.05, 0) is 36.2 Å². The fourth-order valence-electron chi connectivity index (χ4n) is 2.51. The summed E-state index contributed by atoms with van der Waals surface area (Å²) in [4.78, 5) is 24.8. The van der Waals surface area contributed by atoms with Crippen molar-refractivity contribution in [2.75, 3.05) is 11.4 Å². The highest BCUT2D eigenvalue weighted by Gasteiger charge is 2.27. The summed E-state index contributed by atoms with van der Waals surface area (Å²) in [6, 6.07) is 10.6. The lowest BCUT2D eigenvalue weighted by Crippen LogP contribution is -2.38. The van der Waals surface area contributed by atoms with Crippen molar-refractivity contribution < 1.29 is 19.1 Å². The first kappa shape index (κ1) is 13.3. The molecule has 3 rings (SSSR count). The highest BCUT2D eigenvalue weighted by Crippen LogP contribution is 2.27. The molecule has 1 N–H and O–H groups in total. The monoisotopic (exact) mass is 285 g/mol. The summed E-state index contributed by atoms with van der Waals surface area (Å²) >= 11 is 0. The van der Waals surface area contributed by atoms with Gasteiger partial charge in [0.1, 0.15) is 5.82 Å². The Labute approximate surface area is 120 Å². The van der Waals surface area contributed by atoms with E-state index in [1.807, 2.05) is 12.1 Å². The molecule has 0 fully saturated rings. The van der Waals surface area contributed by atoms with Crippen molar-refractivity contribution >= 4 is 17.6 Å². The van der Waals surface area contributed by atoms with Gasteiger partial charge >= 0.3 is 5.97 Å². The van der Waals surface area contributed by atoms with Crippen molar-refractivity contribution in [3.63, 3.8) is 0 Å². The zero-order chi connectivity index (χ0) is 15.0. The third-order valence-electron chi connectivity index (χ3n) is 3.58. The summed E-state index contributed by atoms with van der Waals surface area (Å²) in [6.45, 7) is 0.329. The van der Waals surface area contributed by atoms with E-state index in [0.717, 1.165) is 11.6 Å². The number of fused-ring (bicyclic) bond motifs is 1. The van der Waals surface area contributed by atoms with Crippen LogP contribution in [-0.4, -0.2) is 23.5 Å². The van der Waals surface area contributed by atoms with Gasteiger partial charge in [0.15, 0.2) is 0 Å². The Bertz CT molecular complexity index is 742. The lowest BCUT2D eigenvalue weighted by molar-refractivity contribution is 0.0696. The first-order valence-electron chi connectivity index (χ1n) is 6.50. The van der Waals surface area contributed by atoms with E-state index in [4.69, 9.17) is 5.11 Å². The number of nitrogens with zero attached hydrogens (tertiary/aromatic N) is 1. The van der Waals surface area contributed by atoms with Gasteiger partial charge in [0.2, 0.25) is 0 Å². The molecular weight excluding hydrogens is 273 g/mol. The minimum Gasteiger partial charge on any atom is -0.478 e. The molecular formula is C16H12FNO3. The standard InChI is InChI=1S/C16H12FNO3/c17-13-6-5-11(16(20)21)9-14(13)18-8-7-10-3-1-2-4-12(10)15(18)19/h1-6,9H,7-8H2,(H,20,21). The fourth-order valence-corrected chi connectivity index (χ4v) is 2.51. The van der Waals surface area contributed by atoms with Crippen LogP contribution in [0, 0.1) is 5.82 Å². The Hall–Kier alpha value is -2.69. The van der Waals surface area contributed by atoms with E-state index in [0.29, 0.717) is 18.5 Å². The van der Waals surface area contributed by atoms with Crippen LogP contribution in [0.4, 0.5) is 10.1 Å². The Kier molecular flexibility index (Phi) is 3.17. The number of halogens is 1. The number of aromatic carboxylic acids is 1. The molecule has 2 aromatic carbocycles. The molecule has 1 heterocycles. The molecule has 0 aliphatic carbocycles. The quantitative estimate of drug-likeness (QED) is 0.923. The first-order valence-corrected chi connectivity index (χ1v) is 6.50. The third kappa shape index (κ3) is 2.27. The van der Waals surface area contributed by atoms with E-state index in [-0.39, 0.29) is 17.2 Å². The normalized spacial score (nSPS) is 14.0. The van der Waals surface area contributed by atoms with Crippen molar-refractivity contribution in [3.05, 3.63) is 65.0 Å². The third-order valence-corrected chi connectivity index (χ3v) is 3.58. The van der Waals surface area contributed by atoms with Gasteiger partial charge in [0, 0.05) is 12.1 Å². The highest BCUT2D eigenvalue weighted by molar-refractivity contribution is 6.08. The molecule has 0 unspecified atom stereocenters. The molecule has 1 amide bonds. The minimum atomic E-state index is -1.15. The van der Waals surface area contributed by atoms with Crippen LogP contribution in [0.5, 0.6) is 0 Å². The van der Waals surface area contributed by atoms with Crippen LogP contribution in [0.3, 0.4) is 0 Å². The molecule has 0 aromatic heterocycles. The second-order valence-corrected chi connectivity index (χ2v) is 4.84. The zero-order valence-corrected chi connectivity index (χ0v) is 11.0. The summed E-state index contributed by atoms with van der Waals surface area (Å²) in [5, 5.41) is 9.00. The van der Waals surface area contributed by atoms with E-state index in [1.165, 1.54) is 17.0 Å². The van der Waals surface area contributed by atoms with Gasteiger partial charge in [0.05, 0.1) is 11.3 Å². The van der Waals surface area contributed by atoms with Gasteiger partial charge in [-0.3, -0.25) is 4.79 Å². The molecule has 1 aliphatic heterocycles. The van der Waals surface area contributed by atoms with Crippen LogP contribution < -0.4 is 4.90 Å². The topological polar surface area (TPSA) is 57.6 Å². The largest absolute Gasteiger partial charge is 0.478 e. The van der Waals surface area contributed by atoms with Crippen LogP contribution in [-0.2, 0) is 6.42 Å². The number of benzene rings is 2. The zero-order valence-electron chi connectivity index (χ0n) is 11.0. The van der Waals surface area contributed by atoms with E-state index in [1.54, 1.807) is 12.1 Å². The second kappa shape index (κ2) is 5.01. The van der Waals surface area contributed by atoms with E-state index >= 15 is 0 Å². The SMILES string of the molecule is O=C(O)c1ccc(F)c(N2CCc3ccccc3C2=O)c1. The molecule has 0 saturated carbocycles. The Balaban J connectivity index is 2.04. The summed E-state index contributed by atoms with van der Waals surface area (Å²) in [7, 11) is 0. The Morgan fingerprint density at radius 3 is 2.71 bits per heavy atom. The molecule has 1 aliphatic rings. The van der Waals surface area contributed by atoms with Gasteiger partial charge in [-0.15, -0.1) is 0 Å². The molecule has 5 heteroatoms. The number of amides is 1. The number of rotatable bonds is 2. The molecule has 21 heavy (non-hydrogen) atoms. The molecule has 106 valence electrons. The smallest absolute Gasteiger partial charge is 0.335 e. The van der Waals surface area contributed by atoms with Crippen LogP contribution in [0.2, 0.25) is 0 Å². The molecule has 0 radical (unpaired) electrons. The highest BCUT2D eigenvalue weighted by atomic mass is 19.1. The Morgan fingerprint density at radius 1 is 1.19 bits per heavy atom. The first-order chi connectivity index (χ1) is 10.1. The maximum atomic E-state index is 14.0. The number of carbonyl (C=O) groups excluding carboxylic acids is 1. The molecule has 0 saturated heterocycles. The number of carboxylic acids is 1. The van der Waals surface area contributed by atoms with E-state index < -0.39 is 11.8 Å².